The Morgan fingerprint density at radius 1 is 0.824 bits per heavy atom. The molecule has 1 aliphatic rings. The normalized spacial score (nSPS) is 17.5. The first kappa shape index (κ1) is 15.0. The van der Waals surface area contributed by atoms with Gasteiger partial charge in [-0.2, -0.15) is 0 Å². The van der Waals surface area contributed by atoms with Crippen molar-refractivity contribution < 1.29 is 0 Å². The summed E-state index contributed by atoms with van der Waals surface area (Å²) in [6, 6.07) is 0. The minimum absolute atomic E-state index is 1.21. The smallest absolute Gasteiger partial charge is 0.000664 e. The minimum atomic E-state index is 1.21. The zero-order valence-corrected chi connectivity index (χ0v) is 11.8. The zero-order chi connectivity index (χ0) is 12.2. The molecule has 2 heteroatoms. The third kappa shape index (κ3) is 8.62. The molecule has 2 nitrogen and oxygen atoms in total. The Hall–Kier alpha value is -0.0800. The fraction of sp³-hybridized carbons (Fsp3) is 1.00. The van der Waals surface area contributed by atoms with Gasteiger partial charge in [-0.05, 0) is 58.4 Å². The first-order chi connectivity index (χ1) is 8.43. The number of rotatable bonds is 10. The zero-order valence-electron chi connectivity index (χ0n) is 11.8. The molecule has 0 aromatic heterocycles. The van der Waals surface area contributed by atoms with Crippen molar-refractivity contribution in [2.75, 3.05) is 32.7 Å². The molecule has 1 rings (SSSR count). The van der Waals surface area contributed by atoms with E-state index in [0.717, 1.165) is 0 Å². The fourth-order valence-corrected chi connectivity index (χ4v) is 2.59. The first-order valence-corrected chi connectivity index (χ1v) is 7.86. The molecular weight excluding hydrogens is 208 g/mol. The molecule has 0 bridgehead atoms. The summed E-state index contributed by atoms with van der Waals surface area (Å²) in [5.74, 6) is 0. The van der Waals surface area contributed by atoms with Crippen LogP contribution in [0.15, 0.2) is 0 Å². The molecule has 1 fully saturated rings. The van der Waals surface area contributed by atoms with Gasteiger partial charge < -0.3 is 10.2 Å². The van der Waals surface area contributed by atoms with E-state index >= 15 is 0 Å². The van der Waals surface area contributed by atoms with Gasteiger partial charge in [-0.1, -0.05) is 39.0 Å². The quantitative estimate of drug-likeness (QED) is 0.589. The monoisotopic (exact) mass is 240 g/mol. The van der Waals surface area contributed by atoms with Gasteiger partial charge in [-0.25, -0.2) is 0 Å². The van der Waals surface area contributed by atoms with Gasteiger partial charge in [0.2, 0.25) is 0 Å². The van der Waals surface area contributed by atoms with Gasteiger partial charge in [0.05, 0.1) is 0 Å². The van der Waals surface area contributed by atoms with E-state index in [1.54, 1.807) is 0 Å². The van der Waals surface area contributed by atoms with E-state index in [0.29, 0.717) is 0 Å². The Morgan fingerprint density at radius 2 is 1.53 bits per heavy atom. The van der Waals surface area contributed by atoms with Gasteiger partial charge in [0.15, 0.2) is 0 Å². The van der Waals surface area contributed by atoms with Crippen LogP contribution in [0.1, 0.15) is 64.7 Å². The Bertz CT molecular complexity index is 153. The van der Waals surface area contributed by atoms with Gasteiger partial charge in [0.25, 0.3) is 0 Å². The molecule has 1 N–H and O–H groups in total. The summed E-state index contributed by atoms with van der Waals surface area (Å²) in [6.07, 6.45) is 12.6. The second kappa shape index (κ2) is 11.0. The summed E-state index contributed by atoms with van der Waals surface area (Å²) >= 11 is 0. The van der Waals surface area contributed by atoms with Crippen LogP contribution in [0.4, 0.5) is 0 Å². The lowest BCUT2D eigenvalue weighted by Crippen LogP contribution is -2.32. The van der Waals surface area contributed by atoms with E-state index in [4.69, 9.17) is 0 Å². The van der Waals surface area contributed by atoms with Crippen molar-refractivity contribution in [3.8, 4) is 0 Å². The lowest BCUT2D eigenvalue weighted by molar-refractivity contribution is 0.226. The van der Waals surface area contributed by atoms with Crippen LogP contribution in [0.5, 0.6) is 0 Å². The number of nitrogens with one attached hydrogen (secondary N) is 1. The molecule has 102 valence electrons. The number of hydrogen-bond donors (Lipinski definition) is 1. The van der Waals surface area contributed by atoms with Crippen LogP contribution in [-0.2, 0) is 0 Å². The SMILES string of the molecule is CCCCCCCNCCCN1CCCCC1. The largest absolute Gasteiger partial charge is 0.317 e. The van der Waals surface area contributed by atoms with Crippen LogP contribution in [-0.4, -0.2) is 37.6 Å². The van der Waals surface area contributed by atoms with Crippen molar-refractivity contribution in [3.05, 3.63) is 0 Å². The number of likely N-dealkylation sites (tertiary alicyclic amines) is 1. The van der Waals surface area contributed by atoms with E-state index in [2.05, 4.69) is 17.1 Å². The third-order valence-electron chi connectivity index (χ3n) is 3.73. The van der Waals surface area contributed by atoms with Crippen molar-refractivity contribution >= 4 is 0 Å². The Labute approximate surface area is 108 Å². The molecule has 0 aromatic rings. The van der Waals surface area contributed by atoms with Crippen LogP contribution < -0.4 is 5.32 Å². The highest BCUT2D eigenvalue weighted by atomic mass is 15.1. The number of nitrogens with zero attached hydrogens (tertiary/aromatic N) is 1. The summed E-state index contributed by atoms with van der Waals surface area (Å²) in [4.78, 5) is 2.63. The van der Waals surface area contributed by atoms with E-state index in [1.165, 1.54) is 90.5 Å². The van der Waals surface area contributed by atoms with E-state index < -0.39 is 0 Å². The summed E-state index contributed by atoms with van der Waals surface area (Å²) in [6.45, 7) is 8.71. The molecule has 0 spiro atoms. The topological polar surface area (TPSA) is 15.3 Å². The van der Waals surface area contributed by atoms with Crippen LogP contribution in [0, 0.1) is 0 Å². The standard InChI is InChI=1S/C15H32N2/c1-2-3-4-5-7-11-16-12-10-15-17-13-8-6-9-14-17/h16H,2-15H2,1H3. The highest BCUT2D eigenvalue weighted by Crippen LogP contribution is 2.08. The van der Waals surface area contributed by atoms with E-state index in [9.17, 15) is 0 Å². The maximum atomic E-state index is 3.58. The third-order valence-corrected chi connectivity index (χ3v) is 3.73. The molecule has 0 saturated carbocycles. The molecule has 0 unspecified atom stereocenters. The predicted molar refractivity (Wildman–Crippen MR) is 76.5 cm³/mol. The number of piperidine rings is 1. The Kier molecular flexibility index (Phi) is 9.72. The molecule has 0 aliphatic carbocycles. The second-order valence-electron chi connectivity index (χ2n) is 5.42. The molecule has 0 radical (unpaired) electrons. The van der Waals surface area contributed by atoms with Crippen molar-refractivity contribution in [2.45, 2.75) is 64.7 Å². The van der Waals surface area contributed by atoms with Crippen LogP contribution >= 0.6 is 0 Å². The van der Waals surface area contributed by atoms with Crippen LogP contribution in [0.25, 0.3) is 0 Å². The van der Waals surface area contributed by atoms with Gasteiger partial charge in [-0.3, -0.25) is 0 Å². The molecule has 0 amide bonds. The molecule has 0 aromatic carbocycles. The van der Waals surface area contributed by atoms with Crippen LogP contribution in [0.3, 0.4) is 0 Å². The molecule has 1 aliphatic heterocycles. The first-order valence-electron chi connectivity index (χ1n) is 7.86. The van der Waals surface area contributed by atoms with Gasteiger partial charge in [-0.15, -0.1) is 0 Å². The number of hydrogen-bond acceptors (Lipinski definition) is 2. The molecule has 1 saturated heterocycles. The Morgan fingerprint density at radius 3 is 2.29 bits per heavy atom. The highest BCUT2D eigenvalue weighted by Gasteiger charge is 2.08. The maximum absolute atomic E-state index is 3.58. The van der Waals surface area contributed by atoms with Crippen LogP contribution in [0.2, 0.25) is 0 Å². The minimum Gasteiger partial charge on any atom is -0.317 e. The van der Waals surface area contributed by atoms with Gasteiger partial charge in [0, 0.05) is 0 Å². The summed E-state index contributed by atoms with van der Waals surface area (Å²) in [5, 5.41) is 3.58. The van der Waals surface area contributed by atoms with Crippen molar-refractivity contribution in [1.82, 2.24) is 10.2 Å². The van der Waals surface area contributed by atoms with Crippen molar-refractivity contribution in [3.63, 3.8) is 0 Å². The fourth-order valence-electron chi connectivity index (χ4n) is 2.59. The molecule has 1 heterocycles. The molecular formula is C15H32N2. The lowest BCUT2D eigenvalue weighted by Gasteiger charge is -2.26. The van der Waals surface area contributed by atoms with Crippen molar-refractivity contribution in [2.24, 2.45) is 0 Å². The maximum Gasteiger partial charge on any atom is -0.000664 e. The molecule has 17 heavy (non-hydrogen) atoms. The molecule has 0 atom stereocenters. The summed E-state index contributed by atoms with van der Waals surface area (Å²) < 4.78 is 0. The predicted octanol–water partition coefficient (Wildman–Crippen LogP) is 3.42. The average molecular weight is 240 g/mol. The summed E-state index contributed by atoms with van der Waals surface area (Å²) in [5.41, 5.74) is 0. The average Bonchev–Trinajstić information content (AvgIpc) is 2.38. The van der Waals surface area contributed by atoms with Crippen molar-refractivity contribution in [1.29, 1.82) is 0 Å². The van der Waals surface area contributed by atoms with E-state index in [1.807, 2.05) is 0 Å². The Balaban J connectivity index is 1.75. The highest BCUT2D eigenvalue weighted by molar-refractivity contribution is 4.64. The second-order valence-corrected chi connectivity index (χ2v) is 5.42. The van der Waals surface area contributed by atoms with Gasteiger partial charge >= 0.3 is 0 Å². The lowest BCUT2D eigenvalue weighted by atomic mass is 10.1. The number of unbranched alkanes of at least 4 members (excludes halogenated alkanes) is 4. The summed E-state index contributed by atoms with van der Waals surface area (Å²) in [7, 11) is 0. The van der Waals surface area contributed by atoms with E-state index in [-0.39, 0.29) is 0 Å². The van der Waals surface area contributed by atoms with Gasteiger partial charge in [0.1, 0.15) is 0 Å².